The standard InChI is InChI=1S/C14H16F3N3S/c1-3-11(18-4-2)13-20-19-12(21-13)9-7-5-6-8-10(9)14(15,16)17/h5-8,11,18H,3-4H2,1-2H3. The van der Waals surface area contributed by atoms with Gasteiger partial charge in [0.15, 0.2) is 0 Å². The van der Waals surface area contributed by atoms with Crippen LogP contribution in [0.3, 0.4) is 0 Å². The van der Waals surface area contributed by atoms with E-state index in [1.165, 1.54) is 23.5 Å². The maximum Gasteiger partial charge on any atom is 0.417 e. The smallest absolute Gasteiger partial charge is 0.308 e. The maximum absolute atomic E-state index is 13.0. The number of halogens is 3. The SMILES string of the molecule is CCNC(CC)c1nnc(-c2ccccc2C(F)(F)F)s1. The molecule has 0 spiro atoms. The minimum Gasteiger partial charge on any atom is -0.308 e. The fourth-order valence-electron chi connectivity index (χ4n) is 2.05. The Balaban J connectivity index is 2.38. The van der Waals surface area contributed by atoms with Crippen LogP contribution in [0.15, 0.2) is 24.3 Å². The summed E-state index contributed by atoms with van der Waals surface area (Å²) >= 11 is 1.20. The van der Waals surface area contributed by atoms with E-state index in [1.807, 2.05) is 13.8 Å². The first kappa shape index (κ1) is 15.9. The van der Waals surface area contributed by atoms with Crippen LogP contribution in [0.5, 0.6) is 0 Å². The molecule has 3 nitrogen and oxygen atoms in total. The van der Waals surface area contributed by atoms with Gasteiger partial charge in [0.2, 0.25) is 0 Å². The Kier molecular flexibility index (Phi) is 4.95. The van der Waals surface area contributed by atoms with Crippen LogP contribution in [0, 0.1) is 0 Å². The van der Waals surface area contributed by atoms with E-state index in [1.54, 1.807) is 6.07 Å². The van der Waals surface area contributed by atoms with Gasteiger partial charge in [-0.25, -0.2) is 0 Å². The Bertz CT molecular complexity index is 595. The number of rotatable bonds is 5. The third-order valence-electron chi connectivity index (χ3n) is 3.06. The van der Waals surface area contributed by atoms with Gasteiger partial charge in [-0.2, -0.15) is 13.2 Å². The molecule has 114 valence electrons. The van der Waals surface area contributed by atoms with Gasteiger partial charge >= 0.3 is 6.18 Å². The normalized spacial score (nSPS) is 13.4. The van der Waals surface area contributed by atoms with Gasteiger partial charge < -0.3 is 5.32 Å². The Morgan fingerprint density at radius 2 is 1.90 bits per heavy atom. The minimum atomic E-state index is -4.39. The van der Waals surface area contributed by atoms with Gasteiger partial charge in [0.05, 0.1) is 11.6 Å². The van der Waals surface area contributed by atoms with Gasteiger partial charge in [-0.1, -0.05) is 43.4 Å². The number of aromatic nitrogens is 2. The van der Waals surface area contributed by atoms with E-state index in [-0.39, 0.29) is 11.6 Å². The molecule has 1 aromatic carbocycles. The second kappa shape index (κ2) is 6.53. The van der Waals surface area contributed by atoms with Crippen molar-refractivity contribution in [1.29, 1.82) is 0 Å². The summed E-state index contributed by atoms with van der Waals surface area (Å²) in [6.07, 6.45) is -3.59. The van der Waals surface area contributed by atoms with E-state index < -0.39 is 11.7 Å². The van der Waals surface area contributed by atoms with Crippen molar-refractivity contribution in [2.75, 3.05) is 6.54 Å². The molecule has 0 fully saturated rings. The zero-order valence-corrected chi connectivity index (χ0v) is 12.6. The lowest BCUT2D eigenvalue weighted by atomic mass is 10.1. The first-order valence-corrected chi connectivity index (χ1v) is 7.52. The first-order chi connectivity index (χ1) is 9.97. The highest BCUT2D eigenvalue weighted by atomic mass is 32.1. The summed E-state index contributed by atoms with van der Waals surface area (Å²) in [6, 6.07) is 5.48. The lowest BCUT2D eigenvalue weighted by molar-refractivity contribution is -0.137. The molecule has 0 aliphatic heterocycles. The molecule has 0 aliphatic rings. The van der Waals surface area contributed by atoms with Gasteiger partial charge in [0.25, 0.3) is 0 Å². The zero-order chi connectivity index (χ0) is 15.5. The molecular formula is C14H16F3N3S. The number of alkyl halides is 3. The van der Waals surface area contributed by atoms with Crippen molar-refractivity contribution in [3.8, 4) is 10.6 Å². The van der Waals surface area contributed by atoms with E-state index in [4.69, 9.17) is 0 Å². The Morgan fingerprint density at radius 3 is 2.52 bits per heavy atom. The monoisotopic (exact) mass is 315 g/mol. The van der Waals surface area contributed by atoms with Gasteiger partial charge in [0, 0.05) is 5.56 Å². The number of hydrogen-bond acceptors (Lipinski definition) is 4. The average molecular weight is 315 g/mol. The van der Waals surface area contributed by atoms with Crippen molar-refractivity contribution in [2.24, 2.45) is 0 Å². The molecule has 1 N–H and O–H groups in total. The van der Waals surface area contributed by atoms with Crippen molar-refractivity contribution < 1.29 is 13.2 Å². The Morgan fingerprint density at radius 1 is 1.19 bits per heavy atom. The number of benzene rings is 1. The summed E-state index contributed by atoms with van der Waals surface area (Å²) in [5.41, 5.74) is -0.593. The summed E-state index contributed by atoms with van der Waals surface area (Å²) in [4.78, 5) is 0. The highest BCUT2D eigenvalue weighted by Crippen LogP contribution is 2.38. The zero-order valence-electron chi connectivity index (χ0n) is 11.7. The van der Waals surface area contributed by atoms with Crippen molar-refractivity contribution in [3.63, 3.8) is 0 Å². The molecule has 21 heavy (non-hydrogen) atoms. The third-order valence-corrected chi connectivity index (χ3v) is 4.13. The van der Waals surface area contributed by atoms with E-state index in [0.717, 1.165) is 19.0 Å². The van der Waals surface area contributed by atoms with Crippen molar-refractivity contribution in [3.05, 3.63) is 34.8 Å². The molecule has 1 unspecified atom stereocenters. The molecule has 7 heteroatoms. The van der Waals surface area contributed by atoms with Gasteiger partial charge in [0.1, 0.15) is 10.0 Å². The van der Waals surface area contributed by atoms with Crippen LogP contribution >= 0.6 is 11.3 Å². The topological polar surface area (TPSA) is 37.8 Å². The number of nitrogens with one attached hydrogen (secondary N) is 1. The van der Waals surface area contributed by atoms with Gasteiger partial charge in [-0.05, 0) is 19.0 Å². The van der Waals surface area contributed by atoms with Crippen LogP contribution in [-0.4, -0.2) is 16.7 Å². The lowest BCUT2D eigenvalue weighted by Crippen LogP contribution is -2.19. The van der Waals surface area contributed by atoms with Crippen LogP contribution in [0.1, 0.15) is 36.9 Å². The molecule has 0 saturated carbocycles. The van der Waals surface area contributed by atoms with E-state index >= 15 is 0 Å². The number of hydrogen-bond donors (Lipinski definition) is 1. The summed E-state index contributed by atoms with van der Waals surface area (Å²) in [7, 11) is 0. The lowest BCUT2D eigenvalue weighted by Gasteiger charge is -2.11. The largest absolute Gasteiger partial charge is 0.417 e. The minimum absolute atomic E-state index is 0.0271. The van der Waals surface area contributed by atoms with Crippen LogP contribution in [0.25, 0.3) is 10.6 Å². The van der Waals surface area contributed by atoms with E-state index in [2.05, 4.69) is 15.5 Å². The molecule has 1 aromatic heterocycles. The highest BCUT2D eigenvalue weighted by Gasteiger charge is 2.34. The first-order valence-electron chi connectivity index (χ1n) is 6.70. The van der Waals surface area contributed by atoms with Crippen molar-refractivity contribution >= 4 is 11.3 Å². The number of nitrogens with zero attached hydrogens (tertiary/aromatic N) is 2. The second-order valence-electron chi connectivity index (χ2n) is 4.51. The molecule has 0 radical (unpaired) electrons. The van der Waals surface area contributed by atoms with Crippen LogP contribution in [0.2, 0.25) is 0 Å². The summed E-state index contributed by atoms with van der Waals surface area (Å²) < 4.78 is 39.1. The predicted molar refractivity (Wildman–Crippen MR) is 77.1 cm³/mol. The molecule has 0 aliphatic carbocycles. The van der Waals surface area contributed by atoms with Crippen LogP contribution in [0.4, 0.5) is 13.2 Å². The van der Waals surface area contributed by atoms with E-state index in [9.17, 15) is 13.2 Å². The summed E-state index contributed by atoms with van der Waals surface area (Å²) in [6.45, 7) is 4.74. The molecular weight excluding hydrogens is 299 g/mol. The van der Waals surface area contributed by atoms with Crippen molar-refractivity contribution in [2.45, 2.75) is 32.5 Å². The Hall–Kier alpha value is -1.47. The maximum atomic E-state index is 13.0. The van der Waals surface area contributed by atoms with Crippen LogP contribution < -0.4 is 5.32 Å². The van der Waals surface area contributed by atoms with Gasteiger partial charge in [-0.15, -0.1) is 10.2 Å². The second-order valence-corrected chi connectivity index (χ2v) is 5.52. The molecule has 0 bridgehead atoms. The highest BCUT2D eigenvalue weighted by molar-refractivity contribution is 7.14. The molecule has 0 saturated heterocycles. The third kappa shape index (κ3) is 3.59. The quantitative estimate of drug-likeness (QED) is 0.894. The predicted octanol–water partition coefficient (Wildman–Crippen LogP) is 4.28. The molecule has 1 atom stereocenters. The molecule has 2 aromatic rings. The Labute approximate surface area is 125 Å². The fraction of sp³-hybridized carbons (Fsp3) is 0.429. The average Bonchev–Trinajstić information content (AvgIpc) is 2.93. The van der Waals surface area contributed by atoms with Gasteiger partial charge in [-0.3, -0.25) is 0 Å². The fourth-order valence-corrected chi connectivity index (χ4v) is 3.10. The summed E-state index contributed by atoms with van der Waals surface area (Å²) in [5, 5.41) is 12.2. The van der Waals surface area contributed by atoms with E-state index in [0.29, 0.717) is 10.0 Å². The van der Waals surface area contributed by atoms with Crippen molar-refractivity contribution in [1.82, 2.24) is 15.5 Å². The van der Waals surface area contributed by atoms with Crippen LogP contribution in [-0.2, 0) is 6.18 Å². The molecule has 0 amide bonds. The molecule has 2 rings (SSSR count). The molecule has 1 heterocycles. The summed E-state index contributed by atoms with van der Waals surface area (Å²) in [5.74, 6) is 0.